The zero-order chi connectivity index (χ0) is 15.4. The third kappa shape index (κ3) is 5.08. The van der Waals surface area contributed by atoms with Crippen molar-refractivity contribution in [2.45, 2.75) is 13.0 Å². The van der Waals surface area contributed by atoms with Gasteiger partial charge in [0, 0.05) is 37.2 Å². The van der Waals surface area contributed by atoms with Gasteiger partial charge in [-0.15, -0.1) is 36.2 Å². The van der Waals surface area contributed by atoms with Gasteiger partial charge in [-0.1, -0.05) is 18.2 Å². The molecule has 8 heteroatoms. The van der Waals surface area contributed by atoms with E-state index in [-0.39, 0.29) is 30.7 Å². The van der Waals surface area contributed by atoms with Gasteiger partial charge >= 0.3 is 0 Å². The Labute approximate surface area is 158 Å². The molecule has 1 aromatic heterocycles. The monoisotopic (exact) mass is 388 g/mol. The van der Waals surface area contributed by atoms with Gasteiger partial charge in [0.15, 0.2) is 0 Å². The molecule has 1 atom stereocenters. The summed E-state index contributed by atoms with van der Waals surface area (Å²) in [6.07, 6.45) is 1.10. The van der Waals surface area contributed by atoms with E-state index in [1.165, 1.54) is 17.0 Å². The van der Waals surface area contributed by atoms with Crippen LogP contribution in [-0.2, 0) is 6.54 Å². The van der Waals surface area contributed by atoms with Crippen LogP contribution in [0.1, 0.15) is 21.9 Å². The molecule has 132 valence electrons. The number of nitrogens with two attached hydrogens (primary N) is 1. The lowest BCUT2D eigenvalue weighted by Gasteiger charge is -2.18. The van der Waals surface area contributed by atoms with Gasteiger partial charge in [0.25, 0.3) is 5.91 Å². The van der Waals surface area contributed by atoms with E-state index in [9.17, 15) is 4.79 Å². The number of hydrogen-bond acceptors (Lipinski definition) is 5. The Morgan fingerprint density at radius 1 is 1.33 bits per heavy atom. The highest BCUT2D eigenvalue weighted by atomic mass is 35.5. The topological polar surface area (TPSA) is 71.2 Å². The number of halogens is 2. The summed E-state index contributed by atoms with van der Waals surface area (Å²) in [5.74, 6) is 0.380. The van der Waals surface area contributed by atoms with Crippen molar-refractivity contribution in [2.75, 3.05) is 24.5 Å². The van der Waals surface area contributed by atoms with E-state index < -0.39 is 0 Å². The molecule has 1 aromatic carbocycles. The van der Waals surface area contributed by atoms with Crippen molar-refractivity contribution in [2.24, 2.45) is 11.7 Å². The molecule has 1 aliphatic rings. The highest BCUT2D eigenvalue weighted by Crippen LogP contribution is 2.23. The van der Waals surface area contributed by atoms with E-state index >= 15 is 0 Å². The molecule has 0 saturated carbocycles. The minimum atomic E-state index is -0.103. The van der Waals surface area contributed by atoms with Crippen LogP contribution in [0.4, 0.5) is 5.69 Å². The van der Waals surface area contributed by atoms with Crippen molar-refractivity contribution in [3.8, 4) is 0 Å². The fourth-order valence-electron chi connectivity index (χ4n) is 2.71. The normalized spacial score (nSPS) is 16.2. The van der Waals surface area contributed by atoms with Crippen LogP contribution >= 0.6 is 36.2 Å². The van der Waals surface area contributed by atoms with Gasteiger partial charge in [0.2, 0.25) is 0 Å². The number of benzene rings is 1. The van der Waals surface area contributed by atoms with Gasteiger partial charge in [-0.25, -0.2) is 4.98 Å². The Bertz CT molecular complexity index is 638. The molecule has 3 rings (SSSR count). The van der Waals surface area contributed by atoms with Gasteiger partial charge < -0.3 is 16.0 Å². The minimum absolute atomic E-state index is 0. The molecule has 1 aliphatic heterocycles. The molecule has 1 fully saturated rings. The van der Waals surface area contributed by atoms with Crippen molar-refractivity contribution >= 4 is 47.7 Å². The van der Waals surface area contributed by atoms with Crippen LogP contribution < -0.4 is 16.0 Å². The van der Waals surface area contributed by atoms with E-state index in [1.54, 1.807) is 5.38 Å². The van der Waals surface area contributed by atoms with Gasteiger partial charge in [-0.3, -0.25) is 4.79 Å². The Hall–Kier alpha value is -1.34. The Morgan fingerprint density at radius 3 is 2.75 bits per heavy atom. The molecule has 24 heavy (non-hydrogen) atoms. The van der Waals surface area contributed by atoms with E-state index in [1.807, 2.05) is 6.07 Å². The molecule has 2 aromatic rings. The lowest BCUT2D eigenvalue weighted by Crippen LogP contribution is -2.31. The Kier molecular flexibility index (Phi) is 8.48. The number of para-hydroxylation sites is 1. The summed E-state index contributed by atoms with van der Waals surface area (Å²) < 4.78 is 0. The van der Waals surface area contributed by atoms with Crippen LogP contribution in [0, 0.1) is 5.92 Å². The van der Waals surface area contributed by atoms with Gasteiger partial charge in [-0.05, 0) is 24.5 Å². The van der Waals surface area contributed by atoms with Crippen molar-refractivity contribution in [3.05, 3.63) is 46.4 Å². The van der Waals surface area contributed by atoms with Crippen LogP contribution in [-0.4, -0.2) is 30.5 Å². The third-order valence-corrected chi connectivity index (χ3v) is 4.79. The number of carbonyl (C=O) groups is 1. The summed E-state index contributed by atoms with van der Waals surface area (Å²) in [7, 11) is 0. The number of amides is 1. The first-order valence-corrected chi connectivity index (χ1v) is 8.37. The number of carbonyl (C=O) groups excluding carboxylic acids is 1. The van der Waals surface area contributed by atoms with E-state index in [0.717, 1.165) is 24.5 Å². The largest absolute Gasteiger partial charge is 0.371 e. The Morgan fingerprint density at radius 2 is 2.08 bits per heavy atom. The summed E-state index contributed by atoms with van der Waals surface area (Å²) in [5.41, 5.74) is 7.25. The highest BCUT2D eigenvalue weighted by molar-refractivity contribution is 7.09. The molecule has 5 nitrogen and oxygen atoms in total. The summed E-state index contributed by atoms with van der Waals surface area (Å²) in [5, 5.41) is 5.55. The summed E-state index contributed by atoms with van der Waals surface area (Å²) in [6, 6.07) is 10.4. The number of aromatic nitrogens is 1. The predicted molar refractivity (Wildman–Crippen MR) is 104 cm³/mol. The summed E-state index contributed by atoms with van der Waals surface area (Å²) in [6.45, 7) is 3.10. The first-order valence-electron chi connectivity index (χ1n) is 7.49. The standard InChI is InChI=1S/C16H20N4OS.2ClH/c17-8-15-19-14(11-22-15)16(21)18-9-12-6-7-20(10-12)13-4-2-1-3-5-13;;/h1-5,11-12H,6-10,17H2,(H,18,21);2*1H. The fourth-order valence-corrected chi connectivity index (χ4v) is 3.36. The van der Waals surface area contributed by atoms with Crippen molar-refractivity contribution in [3.63, 3.8) is 0 Å². The first kappa shape index (κ1) is 20.7. The number of nitrogens with zero attached hydrogens (tertiary/aromatic N) is 2. The number of thiazole rings is 1. The molecule has 2 heterocycles. The minimum Gasteiger partial charge on any atom is -0.371 e. The van der Waals surface area contributed by atoms with Crippen LogP contribution in [0.2, 0.25) is 0 Å². The summed E-state index contributed by atoms with van der Waals surface area (Å²) >= 11 is 1.43. The maximum Gasteiger partial charge on any atom is 0.270 e. The van der Waals surface area contributed by atoms with Gasteiger partial charge in [0.1, 0.15) is 10.7 Å². The van der Waals surface area contributed by atoms with E-state index in [0.29, 0.717) is 24.7 Å². The van der Waals surface area contributed by atoms with Crippen molar-refractivity contribution < 1.29 is 4.79 Å². The Balaban J connectivity index is 0.00000144. The van der Waals surface area contributed by atoms with E-state index in [4.69, 9.17) is 5.73 Å². The molecule has 0 radical (unpaired) electrons. The second-order valence-electron chi connectivity index (χ2n) is 5.48. The second kappa shape index (κ2) is 9.84. The first-order chi connectivity index (χ1) is 10.8. The zero-order valence-corrected chi connectivity index (χ0v) is 15.6. The van der Waals surface area contributed by atoms with Gasteiger partial charge in [-0.2, -0.15) is 0 Å². The molecule has 3 N–H and O–H groups in total. The molecule has 1 unspecified atom stereocenters. The average Bonchev–Trinajstić information content (AvgIpc) is 3.22. The molecular weight excluding hydrogens is 367 g/mol. The highest BCUT2D eigenvalue weighted by Gasteiger charge is 2.23. The number of nitrogens with one attached hydrogen (secondary N) is 1. The SMILES string of the molecule is Cl.Cl.NCc1nc(C(=O)NCC2CCN(c3ccccc3)C2)cs1. The summed E-state index contributed by atoms with van der Waals surface area (Å²) in [4.78, 5) is 18.6. The van der Waals surface area contributed by atoms with Crippen LogP contribution in [0.15, 0.2) is 35.7 Å². The molecule has 1 saturated heterocycles. The van der Waals surface area contributed by atoms with Crippen molar-refractivity contribution in [1.82, 2.24) is 10.3 Å². The lowest BCUT2D eigenvalue weighted by atomic mass is 10.1. The number of rotatable bonds is 5. The molecule has 0 aliphatic carbocycles. The maximum atomic E-state index is 12.1. The van der Waals surface area contributed by atoms with E-state index in [2.05, 4.69) is 39.5 Å². The smallest absolute Gasteiger partial charge is 0.270 e. The molecule has 0 bridgehead atoms. The second-order valence-corrected chi connectivity index (χ2v) is 6.42. The zero-order valence-electron chi connectivity index (χ0n) is 13.2. The quantitative estimate of drug-likeness (QED) is 0.825. The maximum absolute atomic E-state index is 12.1. The average molecular weight is 389 g/mol. The number of anilines is 1. The van der Waals surface area contributed by atoms with Crippen LogP contribution in [0.3, 0.4) is 0 Å². The third-order valence-electron chi connectivity index (χ3n) is 3.92. The molecular formula is C16H22Cl2N4OS. The van der Waals surface area contributed by atoms with Gasteiger partial charge in [0.05, 0.1) is 0 Å². The number of hydrogen-bond donors (Lipinski definition) is 2. The van der Waals surface area contributed by atoms with Crippen LogP contribution in [0.25, 0.3) is 0 Å². The van der Waals surface area contributed by atoms with Crippen molar-refractivity contribution in [1.29, 1.82) is 0 Å². The molecule has 0 spiro atoms. The molecule has 1 amide bonds. The lowest BCUT2D eigenvalue weighted by molar-refractivity contribution is 0.0944. The van der Waals surface area contributed by atoms with Crippen LogP contribution in [0.5, 0.6) is 0 Å². The predicted octanol–water partition coefficient (Wildman–Crippen LogP) is 2.70. The fraction of sp³-hybridized carbons (Fsp3) is 0.375.